The highest BCUT2D eigenvalue weighted by molar-refractivity contribution is 6.30. The van der Waals surface area contributed by atoms with Gasteiger partial charge in [-0.1, -0.05) is 23.7 Å². The second-order valence-corrected chi connectivity index (χ2v) is 6.72. The molecule has 3 rings (SSSR count). The molecule has 0 aromatic heterocycles. The van der Waals surface area contributed by atoms with E-state index in [2.05, 4.69) is 10.2 Å². The molecule has 2 aliphatic rings. The number of halogens is 1. The number of aliphatic hydroxyl groups excluding tert-OH is 2. The molecule has 7 heteroatoms. The summed E-state index contributed by atoms with van der Waals surface area (Å²) in [5.74, 6) is 0. The third kappa shape index (κ3) is 4.26. The number of ether oxygens (including phenoxy) is 2. The van der Waals surface area contributed by atoms with Crippen LogP contribution in [0.15, 0.2) is 24.3 Å². The van der Waals surface area contributed by atoms with Crippen LogP contribution in [0.1, 0.15) is 5.56 Å². The van der Waals surface area contributed by atoms with Crippen molar-refractivity contribution in [2.24, 2.45) is 0 Å². The quantitative estimate of drug-likeness (QED) is 0.678. The first-order valence-electron chi connectivity index (χ1n) is 8.40. The lowest BCUT2D eigenvalue weighted by Crippen LogP contribution is -2.54. The predicted molar refractivity (Wildman–Crippen MR) is 91.1 cm³/mol. The molecule has 1 aromatic rings. The van der Waals surface area contributed by atoms with Crippen molar-refractivity contribution in [2.45, 2.75) is 30.9 Å². The lowest BCUT2D eigenvalue weighted by Gasteiger charge is -2.36. The van der Waals surface area contributed by atoms with Gasteiger partial charge < -0.3 is 25.0 Å². The number of hydrogen-bond acceptors (Lipinski definition) is 6. The van der Waals surface area contributed by atoms with Crippen LogP contribution in [-0.4, -0.2) is 78.9 Å². The van der Waals surface area contributed by atoms with Gasteiger partial charge in [0.05, 0.1) is 32.0 Å². The average molecular weight is 357 g/mol. The highest BCUT2D eigenvalue weighted by Crippen LogP contribution is 2.26. The molecule has 2 saturated heterocycles. The fourth-order valence-electron chi connectivity index (χ4n) is 3.48. The number of nitrogens with zero attached hydrogens (tertiary/aromatic N) is 1. The Bertz CT molecular complexity index is 527. The van der Waals surface area contributed by atoms with Gasteiger partial charge in [-0.25, -0.2) is 0 Å². The molecule has 0 amide bonds. The minimum atomic E-state index is -0.689. The van der Waals surface area contributed by atoms with Gasteiger partial charge in [0.25, 0.3) is 0 Å². The first-order chi connectivity index (χ1) is 11.7. The zero-order valence-electron chi connectivity index (χ0n) is 13.6. The topological polar surface area (TPSA) is 74.2 Å². The summed E-state index contributed by atoms with van der Waals surface area (Å²) in [5, 5.41) is 24.0. The zero-order valence-corrected chi connectivity index (χ0v) is 14.4. The van der Waals surface area contributed by atoms with Crippen molar-refractivity contribution in [1.29, 1.82) is 0 Å². The van der Waals surface area contributed by atoms with Crippen LogP contribution in [0.3, 0.4) is 0 Å². The van der Waals surface area contributed by atoms with E-state index in [1.807, 2.05) is 24.3 Å². The van der Waals surface area contributed by atoms with Gasteiger partial charge >= 0.3 is 0 Å². The molecule has 4 atom stereocenters. The maximum atomic E-state index is 10.5. The molecule has 6 nitrogen and oxygen atoms in total. The van der Waals surface area contributed by atoms with Crippen molar-refractivity contribution in [3.63, 3.8) is 0 Å². The number of benzene rings is 1. The van der Waals surface area contributed by atoms with Crippen LogP contribution in [0.5, 0.6) is 0 Å². The molecule has 1 aromatic carbocycles. The van der Waals surface area contributed by atoms with Crippen molar-refractivity contribution >= 4 is 11.6 Å². The summed E-state index contributed by atoms with van der Waals surface area (Å²) in [7, 11) is 0. The van der Waals surface area contributed by atoms with Gasteiger partial charge in [0.2, 0.25) is 0 Å². The standard InChI is InChI=1S/C17H25ClN2O4/c18-13-3-1-2-12(8-13)9-19-10-14-16(17(22)15(11-21)24-14)20-4-6-23-7-5-20/h1-3,8,14-17,19,21-22H,4-7,9-11H2/t14-,15+,16?,17-/m1/s1. The van der Waals surface area contributed by atoms with Crippen LogP contribution in [0.4, 0.5) is 0 Å². The van der Waals surface area contributed by atoms with Gasteiger partial charge in [0, 0.05) is 31.2 Å². The molecule has 2 aliphatic heterocycles. The van der Waals surface area contributed by atoms with Gasteiger partial charge in [-0.15, -0.1) is 0 Å². The van der Waals surface area contributed by atoms with E-state index in [0.717, 1.165) is 18.7 Å². The average Bonchev–Trinajstić information content (AvgIpc) is 2.91. The molecule has 0 bridgehead atoms. The molecule has 2 heterocycles. The van der Waals surface area contributed by atoms with Crippen molar-refractivity contribution in [2.75, 3.05) is 39.5 Å². The first kappa shape index (κ1) is 18.1. The van der Waals surface area contributed by atoms with E-state index in [4.69, 9.17) is 21.1 Å². The van der Waals surface area contributed by atoms with E-state index in [1.54, 1.807) is 0 Å². The molecule has 3 N–H and O–H groups in total. The van der Waals surface area contributed by atoms with Crippen molar-refractivity contribution in [3.05, 3.63) is 34.9 Å². The van der Waals surface area contributed by atoms with Crippen molar-refractivity contribution in [3.8, 4) is 0 Å². The number of nitrogens with one attached hydrogen (secondary N) is 1. The molecule has 2 fully saturated rings. The minimum Gasteiger partial charge on any atom is -0.394 e. The van der Waals surface area contributed by atoms with Gasteiger partial charge in [-0.2, -0.15) is 0 Å². The normalized spacial score (nSPS) is 31.5. The van der Waals surface area contributed by atoms with E-state index < -0.39 is 12.2 Å². The summed E-state index contributed by atoms with van der Waals surface area (Å²) in [5.41, 5.74) is 1.10. The molecule has 134 valence electrons. The van der Waals surface area contributed by atoms with Crippen molar-refractivity contribution in [1.82, 2.24) is 10.2 Å². The fraction of sp³-hybridized carbons (Fsp3) is 0.647. The Morgan fingerprint density at radius 1 is 1.25 bits per heavy atom. The highest BCUT2D eigenvalue weighted by Gasteiger charge is 2.46. The van der Waals surface area contributed by atoms with Crippen LogP contribution in [-0.2, 0) is 16.0 Å². The second-order valence-electron chi connectivity index (χ2n) is 6.29. The highest BCUT2D eigenvalue weighted by atomic mass is 35.5. The predicted octanol–water partition coefficient (Wildman–Crippen LogP) is 0.251. The Morgan fingerprint density at radius 3 is 2.75 bits per heavy atom. The van der Waals surface area contributed by atoms with Crippen LogP contribution < -0.4 is 5.32 Å². The SMILES string of the molecule is OC[C@@H]1O[C@H](CNCc2cccc(Cl)c2)C(N2CCOCC2)[C@@H]1O. The lowest BCUT2D eigenvalue weighted by molar-refractivity contribution is -0.0225. The lowest BCUT2D eigenvalue weighted by atomic mass is 10.0. The number of hydrogen-bond donors (Lipinski definition) is 3. The number of rotatable bonds is 6. The summed E-state index contributed by atoms with van der Waals surface area (Å²) in [4.78, 5) is 2.20. The second kappa shape index (κ2) is 8.58. The Morgan fingerprint density at radius 2 is 2.04 bits per heavy atom. The van der Waals surface area contributed by atoms with Gasteiger partial charge in [0.1, 0.15) is 12.2 Å². The molecule has 0 saturated carbocycles. The number of morpholine rings is 1. The van der Waals surface area contributed by atoms with Crippen LogP contribution in [0.25, 0.3) is 0 Å². The van der Waals surface area contributed by atoms with Gasteiger partial charge in [0.15, 0.2) is 0 Å². The van der Waals surface area contributed by atoms with E-state index >= 15 is 0 Å². The molecule has 0 radical (unpaired) electrons. The Hall–Kier alpha value is -0.730. The fourth-order valence-corrected chi connectivity index (χ4v) is 3.69. The maximum Gasteiger partial charge on any atom is 0.109 e. The summed E-state index contributed by atoms with van der Waals surface area (Å²) in [6.07, 6.45) is -1.39. The smallest absolute Gasteiger partial charge is 0.109 e. The summed E-state index contributed by atoms with van der Waals surface area (Å²) in [6, 6.07) is 7.58. The Kier molecular flexibility index (Phi) is 6.46. The zero-order chi connectivity index (χ0) is 16.9. The largest absolute Gasteiger partial charge is 0.394 e. The van der Waals surface area contributed by atoms with Gasteiger partial charge in [-0.05, 0) is 17.7 Å². The maximum absolute atomic E-state index is 10.5. The molecular weight excluding hydrogens is 332 g/mol. The van der Waals surface area contributed by atoms with Crippen LogP contribution in [0, 0.1) is 0 Å². The van der Waals surface area contributed by atoms with E-state index in [0.29, 0.717) is 31.3 Å². The van der Waals surface area contributed by atoms with E-state index in [-0.39, 0.29) is 18.8 Å². The third-order valence-corrected chi connectivity index (χ3v) is 4.91. The monoisotopic (exact) mass is 356 g/mol. The summed E-state index contributed by atoms with van der Waals surface area (Å²) >= 11 is 6.00. The molecule has 0 aliphatic carbocycles. The molecular formula is C17H25ClN2O4. The Labute approximate surface area is 147 Å². The van der Waals surface area contributed by atoms with Gasteiger partial charge in [-0.3, -0.25) is 4.90 Å². The molecule has 1 unspecified atom stereocenters. The summed E-state index contributed by atoms with van der Waals surface area (Å²) in [6.45, 7) is 3.97. The Balaban J connectivity index is 1.59. The summed E-state index contributed by atoms with van der Waals surface area (Å²) < 4.78 is 11.3. The van der Waals surface area contributed by atoms with E-state index in [1.165, 1.54) is 0 Å². The molecule has 24 heavy (non-hydrogen) atoms. The van der Waals surface area contributed by atoms with E-state index in [9.17, 15) is 10.2 Å². The minimum absolute atomic E-state index is 0.127. The van der Waals surface area contributed by atoms with Crippen LogP contribution >= 0.6 is 11.6 Å². The molecule has 0 spiro atoms. The number of aliphatic hydroxyl groups is 2. The third-order valence-electron chi connectivity index (χ3n) is 4.67. The van der Waals surface area contributed by atoms with Crippen molar-refractivity contribution < 1.29 is 19.7 Å². The van der Waals surface area contributed by atoms with Crippen LogP contribution in [0.2, 0.25) is 5.02 Å². The first-order valence-corrected chi connectivity index (χ1v) is 8.78.